The van der Waals surface area contributed by atoms with Gasteiger partial charge in [0.2, 0.25) is 0 Å². The van der Waals surface area contributed by atoms with E-state index < -0.39 is 0 Å². The van der Waals surface area contributed by atoms with Gasteiger partial charge < -0.3 is 4.98 Å². The molecule has 15 heavy (non-hydrogen) atoms. The molecule has 2 aromatic rings. The van der Waals surface area contributed by atoms with Gasteiger partial charge in [-0.15, -0.1) is 0 Å². The Hall–Kier alpha value is -1.64. The third-order valence-corrected chi connectivity index (χ3v) is 2.78. The Morgan fingerprint density at radius 2 is 2.40 bits per heavy atom. The molecule has 0 saturated carbocycles. The fraction of sp³-hybridized carbons (Fsp3) is 0.333. The zero-order chi connectivity index (χ0) is 10.8. The second kappa shape index (κ2) is 3.85. The molecule has 1 N–H and O–H groups in total. The van der Waals surface area contributed by atoms with E-state index in [0.29, 0.717) is 0 Å². The van der Waals surface area contributed by atoms with Crippen molar-refractivity contribution in [3.63, 3.8) is 0 Å². The summed E-state index contributed by atoms with van der Waals surface area (Å²) in [5.74, 6) is 0.265. The van der Waals surface area contributed by atoms with Crippen LogP contribution in [0.25, 0.3) is 11.0 Å². The van der Waals surface area contributed by atoms with Crippen LogP contribution < -0.4 is 0 Å². The minimum absolute atomic E-state index is 0.0733. The molecule has 0 fully saturated rings. The zero-order valence-electron chi connectivity index (χ0n) is 8.95. The number of hydrogen-bond acceptors (Lipinski definition) is 2. The topological polar surface area (TPSA) is 45.8 Å². The number of rotatable bonds is 3. The monoisotopic (exact) mass is 202 g/mol. The Morgan fingerprint density at radius 1 is 1.60 bits per heavy atom. The number of ketones is 1. The molecular formula is C12H14N2O. The van der Waals surface area contributed by atoms with Gasteiger partial charge in [0.05, 0.1) is 0 Å². The minimum atomic E-state index is 0.0733. The van der Waals surface area contributed by atoms with Crippen molar-refractivity contribution in [3.05, 3.63) is 30.1 Å². The van der Waals surface area contributed by atoms with Gasteiger partial charge in [-0.1, -0.05) is 13.8 Å². The SMILES string of the molecule is CCC(C)C(=O)c1c[nH]c2ncccc12. The molecule has 1 atom stereocenters. The van der Waals surface area contributed by atoms with Crippen LogP contribution in [0.2, 0.25) is 0 Å². The highest BCUT2D eigenvalue weighted by Gasteiger charge is 2.17. The number of Topliss-reactive ketones (excluding diaryl/α,β-unsaturated/α-hetero) is 1. The number of hydrogen-bond donors (Lipinski definition) is 1. The first-order valence-electron chi connectivity index (χ1n) is 5.20. The van der Waals surface area contributed by atoms with Crippen molar-refractivity contribution in [1.29, 1.82) is 0 Å². The van der Waals surface area contributed by atoms with E-state index in [-0.39, 0.29) is 11.7 Å². The number of nitrogens with one attached hydrogen (secondary N) is 1. The molecule has 1 unspecified atom stereocenters. The van der Waals surface area contributed by atoms with Gasteiger partial charge in [-0.3, -0.25) is 4.79 Å². The van der Waals surface area contributed by atoms with E-state index >= 15 is 0 Å². The highest BCUT2D eigenvalue weighted by Crippen LogP contribution is 2.20. The molecule has 0 aliphatic heterocycles. The number of aromatic nitrogens is 2. The molecule has 0 aliphatic carbocycles. The Balaban J connectivity index is 2.48. The second-order valence-electron chi connectivity index (χ2n) is 3.78. The smallest absolute Gasteiger partial charge is 0.167 e. The average Bonchev–Trinajstić information content (AvgIpc) is 2.70. The summed E-state index contributed by atoms with van der Waals surface area (Å²) in [6.45, 7) is 3.98. The molecule has 78 valence electrons. The van der Waals surface area contributed by atoms with E-state index in [1.807, 2.05) is 26.0 Å². The van der Waals surface area contributed by atoms with Gasteiger partial charge in [0.25, 0.3) is 0 Å². The number of H-pyrrole nitrogens is 1. The van der Waals surface area contributed by atoms with Crippen molar-refractivity contribution in [2.45, 2.75) is 20.3 Å². The number of fused-ring (bicyclic) bond motifs is 1. The highest BCUT2D eigenvalue weighted by molar-refractivity contribution is 6.07. The second-order valence-corrected chi connectivity index (χ2v) is 3.78. The third kappa shape index (κ3) is 1.65. The van der Waals surface area contributed by atoms with Gasteiger partial charge in [0.1, 0.15) is 5.65 Å². The first-order valence-corrected chi connectivity index (χ1v) is 5.20. The van der Waals surface area contributed by atoms with Crippen LogP contribution in [0.4, 0.5) is 0 Å². The Morgan fingerprint density at radius 3 is 3.13 bits per heavy atom. The molecule has 0 amide bonds. The maximum Gasteiger partial charge on any atom is 0.167 e. The predicted octanol–water partition coefficient (Wildman–Crippen LogP) is 2.79. The summed E-state index contributed by atoms with van der Waals surface area (Å²) in [6, 6.07) is 3.78. The summed E-state index contributed by atoms with van der Waals surface area (Å²) in [5.41, 5.74) is 1.54. The molecule has 2 heterocycles. The Bertz CT molecular complexity index is 487. The largest absolute Gasteiger partial charge is 0.345 e. The van der Waals surface area contributed by atoms with Crippen molar-refractivity contribution in [2.24, 2.45) is 5.92 Å². The summed E-state index contributed by atoms with van der Waals surface area (Å²) >= 11 is 0. The Kier molecular flexibility index (Phi) is 2.54. The average molecular weight is 202 g/mol. The van der Waals surface area contributed by atoms with Gasteiger partial charge in [0.15, 0.2) is 5.78 Å². The molecule has 2 aromatic heterocycles. The normalized spacial score (nSPS) is 12.9. The van der Waals surface area contributed by atoms with Crippen LogP contribution in [0, 0.1) is 5.92 Å². The van der Waals surface area contributed by atoms with Crippen LogP contribution in [-0.2, 0) is 0 Å². The molecule has 3 nitrogen and oxygen atoms in total. The fourth-order valence-corrected chi connectivity index (χ4v) is 1.61. The maximum absolute atomic E-state index is 12.0. The fourth-order valence-electron chi connectivity index (χ4n) is 1.61. The number of nitrogens with zero attached hydrogens (tertiary/aromatic N) is 1. The lowest BCUT2D eigenvalue weighted by Crippen LogP contribution is -2.09. The van der Waals surface area contributed by atoms with Crippen LogP contribution in [0.5, 0.6) is 0 Å². The number of aromatic amines is 1. The summed E-state index contributed by atoms with van der Waals surface area (Å²) in [7, 11) is 0. The van der Waals surface area contributed by atoms with Gasteiger partial charge in [0, 0.05) is 29.3 Å². The van der Waals surface area contributed by atoms with Crippen LogP contribution in [0.1, 0.15) is 30.6 Å². The third-order valence-electron chi connectivity index (χ3n) is 2.78. The summed E-state index contributed by atoms with van der Waals surface area (Å²) in [5, 5.41) is 0.919. The molecule has 3 heteroatoms. The lowest BCUT2D eigenvalue weighted by atomic mass is 9.97. The number of carbonyl (C=O) groups excluding carboxylic acids is 1. The lowest BCUT2D eigenvalue weighted by molar-refractivity contribution is 0.0929. The van der Waals surface area contributed by atoms with Crippen LogP contribution in [0.3, 0.4) is 0 Å². The van der Waals surface area contributed by atoms with Crippen molar-refractivity contribution in [3.8, 4) is 0 Å². The van der Waals surface area contributed by atoms with Gasteiger partial charge in [-0.2, -0.15) is 0 Å². The molecule has 0 saturated heterocycles. The first kappa shape index (κ1) is 9.90. The highest BCUT2D eigenvalue weighted by atomic mass is 16.1. The molecule has 0 spiro atoms. The van der Waals surface area contributed by atoms with E-state index in [0.717, 1.165) is 23.0 Å². The lowest BCUT2D eigenvalue weighted by Gasteiger charge is -2.05. The molecular weight excluding hydrogens is 188 g/mol. The molecule has 0 aliphatic rings. The summed E-state index contributed by atoms with van der Waals surface area (Å²) < 4.78 is 0. The molecule has 0 bridgehead atoms. The van der Waals surface area contributed by atoms with E-state index in [1.165, 1.54) is 0 Å². The van der Waals surface area contributed by atoms with Crippen molar-refractivity contribution < 1.29 is 4.79 Å². The summed E-state index contributed by atoms with van der Waals surface area (Å²) in [6.07, 6.45) is 4.34. The van der Waals surface area contributed by atoms with E-state index in [9.17, 15) is 4.79 Å². The minimum Gasteiger partial charge on any atom is -0.345 e. The molecule has 2 rings (SSSR count). The van der Waals surface area contributed by atoms with E-state index in [1.54, 1.807) is 12.4 Å². The van der Waals surface area contributed by atoms with Gasteiger partial charge in [-0.05, 0) is 18.6 Å². The van der Waals surface area contributed by atoms with Gasteiger partial charge >= 0.3 is 0 Å². The van der Waals surface area contributed by atoms with Crippen LogP contribution >= 0.6 is 0 Å². The van der Waals surface area contributed by atoms with Crippen molar-refractivity contribution in [2.75, 3.05) is 0 Å². The van der Waals surface area contributed by atoms with E-state index in [4.69, 9.17) is 0 Å². The first-order chi connectivity index (χ1) is 7.24. The van der Waals surface area contributed by atoms with Crippen LogP contribution in [-0.4, -0.2) is 15.8 Å². The predicted molar refractivity (Wildman–Crippen MR) is 59.9 cm³/mol. The van der Waals surface area contributed by atoms with E-state index in [2.05, 4.69) is 9.97 Å². The zero-order valence-corrected chi connectivity index (χ0v) is 8.95. The maximum atomic E-state index is 12.0. The number of carbonyl (C=O) groups is 1. The van der Waals surface area contributed by atoms with Gasteiger partial charge in [-0.25, -0.2) is 4.98 Å². The quantitative estimate of drug-likeness (QED) is 0.778. The van der Waals surface area contributed by atoms with Crippen LogP contribution in [0.15, 0.2) is 24.5 Å². The number of pyridine rings is 1. The molecule has 0 radical (unpaired) electrons. The summed E-state index contributed by atoms with van der Waals surface area (Å²) in [4.78, 5) is 19.2. The van der Waals surface area contributed by atoms with Crippen molar-refractivity contribution in [1.82, 2.24) is 9.97 Å². The van der Waals surface area contributed by atoms with Crippen molar-refractivity contribution >= 4 is 16.8 Å². The standard InChI is InChI=1S/C12H14N2O/c1-3-8(2)11(15)10-7-14-12-9(10)5-4-6-13-12/h4-8H,3H2,1-2H3,(H,13,14). The Labute approximate surface area is 88.5 Å². The molecule has 0 aromatic carbocycles.